The van der Waals surface area contributed by atoms with E-state index < -0.39 is 5.41 Å². The Balaban J connectivity index is 1.56. The van der Waals surface area contributed by atoms with Crippen LogP contribution in [0, 0.1) is 5.41 Å². The molecule has 1 unspecified atom stereocenters. The Morgan fingerprint density at radius 2 is 1.92 bits per heavy atom. The summed E-state index contributed by atoms with van der Waals surface area (Å²) in [5.41, 5.74) is 0.507. The highest BCUT2D eigenvalue weighted by atomic mass is 16.2. The summed E-state index contributed by atoms with van der Waals surface area (Å²) in [4.78, 5) is 26.8. The summed E-state index contributed by atoms with van der Waals surface area (Å²) < 4.78 is 0. The molecule has 1 aromatic rings. The molecular weight excluding hydrogens is 302 g/mol. The van der Waals surface area contributed by atoms with E-state index in [4.69, 9.17) is 0 Å². The molecule has 1 saturated carbocycles. The number of likely N-dealkylation sites (tertiary alicyclic amines) is 1. The number of nitrogens with one attached hydrogen (secondary N) is 2. The van der Waals surface area contributed by atoms with Crippen LogP contribution in [0.3, 0.4) is 0 Å². The van der Waals surface area contributed by atoms with Crippen LogP contribution < -0.4 is 10.6 Å². The molecule has 5 nitrogen and oxygen atoms in total. The number of amides is 2. The Labute approximate surface area is 143 Å². The highest BCUT2D eigenvalue weighted by molar-refractivity contribution is 6.07. The Kier molecular flexibility index (Phi) is 5.19. The number of carbonyl (C=O) groups excluding carboxylic acids is 2. The maximum Gasteiger partial charge on any atom is 0.235 e. The van der Waals surface area contributed by atoms with Crippen molar-refractivity contribution in [3.05, 3.63) is 35.9 Å². The van der Waals surface area contributed by atoms with Gasteiger partial charge in [-0.1, -0.05) is 36.8 Å². The van der Waals surface area contributed by atoms with E-state index in [-0.39, 0.29) is 11.8 Å². The van der Waals surface area contributed by atoms with E-state index in [1.807, 2.05) is 6.07 Å². The Hall–Kier alpha value is -1.88. The summed E-state index contributed by atoms with van der Waals surface area (Å²) in [6, 6.07) is 10.8. The van der Waals surface area contributed by atoms with Crippen molar-refractivity contribution in [2.24, 2.45) is 5.41 Å². The number of hydrogen-bond acceptors (Lipinski definition) is 3. The minimum absolute atomic E-state index is 0.105. The highest BCUT2D eigenvalue weighted by Gasteiger charge is 2.56. The van der Waals surface area contributed by atoms with Crippen molar-refractivity contribution in [3.8, 4) is 0 Å². The van der Waals surface area contributed by atoms with E-state index in [0.717, 1.165) is 19.5 Å². The monoisotopic (exact) mass is 329 g/mol. The van der Waals surface area contributed by atoms with Crippen LogP contribution in [0.25, 0.3) is 0 Å². The minimum atomic E-state index is -0.798. The van der Waals surface area contributed by atoms with E-state index in [2.05, 4.69) is 39.8 Å². The van der Waals surface area contributed by atoms with Gasteiger partial charge in [-0.25, -0.2) is 0 Å². The smallest absolute Gasteiger partial charge is 0.235 e. The average Bonchev–Trinajstić information content (AvgIpc) is 3.43. The molecule has 2 N–H and O–H groups in total. The SMILES string of the molecule is CNC(=O)C1(C(=O)NCC2CCCCN2Cc2ccccc2)CC1. The summed E-state index contributed by atoms with van der Waals surface area (Å²) in [6.07, 6.45) is 4.83. The number of hydrogen-bond donors (Lipinski definition) is 2. The molecular formula is C19H27N3O2. The van der Waals surface area contributed by atoms with Crippen molar-refractivity contribution >= 4 is 11.8 Å². The third kappa shape index (κ3) is 3.61. The van der Waals surface area contributed by atoms with Crippen molar-refractivity contribution in [1.82, 2.24) is 15.5 Å². The van der Waals surface area contributed by atoms with E-state index in [9.17, 15) is 9.59 Å². The fourth-order valence-corrected chi connectivity index (χ4v) is 3.62. The maximum atomic E-state index is 12.4. The number of rotatable bonds is 6. The zero-order valence-corrected chi connectivity index (χ0v) is 14.4. The van der Waals surface area contributed by atoms with E-state index in [1.54, 1.807) is 7.05 Å². The van der Waals surface area contributed by atoms with Gasteiger partial charge in [0.25, 0.3) is 0 Å². The van der Waals surface area contributed by atoms with Gasteiger partial charge < -0.3 is 10.6 Å². The van der Waals surface area contributed by atoms with Crippen molar-refractivity contribution < 1.29 is 9.59 Å². The lowest BCUT2D eigenvalue weighted by Crippen LogP contribution is -2.49. The number of carbonyl (C=O) groups is 2. The highest BCUT2D eigenvalue weighted by Crippen LogP contribution is 2.46. The molecule has 130 valence electrons. The fraction of sp³-hybridized carbons (Fsp3) is 0.579. The van der Waals surface area contributed by atoms with Crippen LogP contribution in [-0.2, 0) is 16.1 Å². The minimum Gasteiger partial charge on any atom is -0.358 e. The van der Waals surface area contributed by atoms with Crippen molar-refractivity contribution in [3.63, 3.8) is 0 Å². The Morgan fingerprint density at radius 1 is 1.17 bits per heavy atom. The van der Waals surface area contributed by atoms with Gasteiger partial charge in [-0.05, 0) is 37.8 Å². The van der Waals surface area contributed by atoms with Gasteiger partial charge in [0.15, 0.2) is 0 Å². The second-order valence-corrected chi connectivity index (χ2v) is 6.98. The molecule has 0 aromatic heterocycles. The molecule has 5 heteroatoms. The number of piperidine rings is 1. The molecule has 2 fully saturated rings. The van der Waals surface area contributed by atoms with Crippen LogP contribution in [0.4, 0.5) is 0 Å². The molecule has 2 amide bonds. The maximum absolute atomic E-state index is 12.4. The van der Waals surface area contributed by atoms with Gasteiger partial charge in [-0.3, -0.25) is 14.5 Å². The summed E-state index contributed by atoms with van der Waals surface area (Å²) in [5.74, 6) is -0.253. The lowest BCUT2D eigenvalue weighted by Gasteiger charge is -2.36. The Bertz CT molecular complexity index is 584. The van der Waals surface area contributed by atoms with Crippen LogP contribution in [0.15, 0.2) is 30.3 Å². The quantitative estimate of drug-likeness (QED) is 0.781. The van der Waals surface area contributed by atoms with Gasteiger partial charge in [-0.2, -0.15) is 0 Å². The summed E-state index contributed by atoms with van der Waals surface area (Å²) in [6.45, 7) is 2.61. The van der Waals surface area contributed by atoms with Gasteiger partial charge in [0.05, 0.1) is 0 Å². The first kappa shape index (κ1) is 17.0. The third-order valence-electron chi connectivity index (χ3n) is 5.32. The molecule has 1 aromatic carbocycles. The summed E-state index contributed by atoms with van der Waals surface area (Å²) >= 11 is 0. The fourth-order valence-electron chi connectivity index (χ4n) is 3.62. The van der Waals surface area contributed by atoms with Crippen molar-refractivity contribution in [2.45, 2.75) is 44.7 Å². The normalized spacial score (nSPS) is 22.6. The largest absolute Gasteiger partial charge is 0.358 e. The molecule has 24 heavy (non-hydrogen) atoms. The summed E-state index contributed by atoms with van der Waals surface area (Å²) in [7, 11) is 1.60. The van der Waals surface area contributed by atoms with Crippen LogP contribution in [0.5, 0.6) is 0 Å². The second-order valence-electron chi connectivity index (χ2n) is 6.98. The van der Waals surface area contributed by atoms with Crippen molar-refractivity contribution in [2.75, 3.05) is 20.1 Å². The molecule has 1 aliphatic carbocycles. The van der Waals surface area contributed by atoms with Crippen molar-refractivity contribution in [1.29, 1.82) is 0 Å². The van der Waals surface area contributed by atoms with Gasteiger partial charge in [-0.15, -0.1) is 0 Å². The third-order valence-corrected chi connectivity index (χ3v) is 5.32. The molecule has 0 radical (unpaired) electrons. The molecule has 3 rings (SSSR count). The predicted octanol–water partition coefficient (Wildman–Crippen LogP) is 1.68. The van der Waals surface area contributed by atoms with Crippen LogP contribution in [-0.4, -0.2) is 42.9 Å². The van der Waals surface area contributed by atoms with E-state index in [0.29, 0.717) is 25.4 Å². The lowest BCUT2D eigenvalue weighted by molar-refractivity contribution is -0.137. The first-order valence-electron chi connectivity index (χ1n) is 8.94. The molecule has 0 bridgehead atoms. The molecule has 1 atom stereocenters. The van der Waals surface area contributed by atoms with Gasteiger partial charge in [0.1, 0.15) is 5.41 Å². The lowest BCUT2D eigenvalue weighted by atomic mass is 10.00. The standard InChI is InChI=1S/C19H27N3O2/c1-20-17(23)19(10-11-19)18(24)21-13-16-9-5-6-12-22(16)14-15-7-3-2-4-8-15/h2-4,7-8,16H,5-6,9-14H2,1H3,(H,20,23)(H,21,24). The molecule has 2 aliphatic rings. The predicted molar refractivity (Wildman–Crippen MR) is 93.2 cm³/mol. The van der Waals surface area contributed by atoms with Crippen LogP contribution in [0.2, 0.25) is 0 Å². The average molecular weight is 329 g/mol. The zero-order valence-electron chi connectivity index (χ0n) is 14.4. The molecule has 0 spiro atoms. The topological polar surface area (TPSA) is 61.4 Å². The van der Waals surface area contributed by atoms with E-state index in [1.165, 1.54) is 18.4 Å². The van der Waals surface area contributed by atoms with E-state index >= 15 is 0 Å². The number of benzene rings is 1. The molecule has 1 heterocycles. The zero-order chi connectivity index (χ0) is 17.0. The first-order valence-corrected chi connectivity index (χ1v) is 8.94. The van der Waals surface area contributed by atoms with Gasteiger partial charge >= 0.3 is 0 Å². The second kappa shape index (κ2) is 7.34. The molecule has 1 saturated heterocycles. The first-order chi connectivity index (χ1) is 11.7. The van der Waals surface area contributed by atoms with Gasteiger partial charge in [0, 0.05) is 26.2 Å². The molecule has 1 aliphatic heterocycles. The Morgan fingerprint density at radius 3 is 2.58 bits per heavy atom. The van der Waals surface area contributed by atoms with Crippen LogP contribution in [0.1, 0.15) is 37.7 Å². The summed E-state index contributed by atoms with van der Waals surface area (Å²) in [5, 5.41) is 5.66. The number of nitrogens with zero attached hydrogens (tertiary/aromatic N) is 1. The van der Waals surface area contributed by atoms with Gasteiger partial charge in [0.2, 0.25) is 11.8 Å². The van der Waals surface area contributed by atoms with Crippen LogP contribution >= 0.6 is 0 Å².